The highest BCUT2D eigenvalue weighted by Gasteiger charge is 2.36. The van der Waals surface area contributed by atoms with Gasteiger partial charge in [0, 0.05) is 23.7 Å². The van der Waals surface area contributed by atoms with Crippen LogP contribution in [0.25, 0.3) is 0 Å². The highest BCUT2D eigenvalue weighted by atomic mass is 32.2. The molecule has 1 fully saturated rings. The zero-order valence-corrected chi connectivity index (χ0v) is 20.1. The van der Waals surface area contributed by atoms with Crippen molar-refractivity contribution in [3.05, 3.63) is 95.6 Å². The van der Waals surface area contributed by atoms with Gasteiger partial charge >= 0.3 is 6.03 Å². The Morgan fingerprint density at radius 1 is 1.03 bits per heavy atom. The van der Waals surface area contributed by atoms with E-state index in [2.05, 4.69) is 29.0 Å². The number of urea groups is 1. The molecule has 0 bridgehead atoms. The average Bonchev–Trinajstić information content (AvgIpc) is 3.37. The lowest BCUT2D eigenvalue weighted by atomic mass is 10.0. The van der Waals surface area contributed by atoms with Gasteiger partial charge in [-0.15, -0.1) is 11.8 Å². The number of thioether (sulfide) groups is 1. The molecule has 1 aliphatic heterocycles. The Labute approximate surface area is 204 Å². The Hall–Kier alpha value is -3.45. The van der Waals surface area contributed by atoms with E-state index in [-0.39, 0.29) is 18.0 Å². The molecule has 7 heteroatoms. The van der Waals surface area contributed by atoms with Gasteiger partial charge in [-0.3, -0.25) is 4.79 Å². The molecule has 3 aromatic carbocycles. The quantitative estimate of drug-likeness (QED) is 0.336. The van der Waals surface area contributed by atoms with Gasteiger partial charge in [-0.25, -0.2) is 4.79 Å². The van der Waals surface area contributed by atoms with Crippen LogP contribution in [0.1, 0.15) is 41.6 Å². The van der Waals surface area contributed by atoms with Crippen molar-refractivity contribution >= 4 is 29.4 Å². The van der Waals surface area contributed by atoms with E-state index < -0.39 is 6.04 Å². The number of nitrogens with one attached hydrogen (secondary N) is 2. The average molecular weight is 475 g/mol. The van der Waals surface area contributed by atoms with Crippen LogP contribution in [0.2, 0.25) is 0 Å². The number of carbonyl (C=O) groups excluding carboxylic acids is 2. The van der Waals surface area contributed by atoms with Crippen molar-refractivity contribution in [3.63, 3.8) is 0 Å². The van der Waals surface area contributed by atoms with Crippen LogP contribution in [0.5, 0.6) is 0 Å². The zero-order valence-electron chi connectivity index (χ0n) is 19.2. The van der Waals surface area contributed by atoms with Crippen molar-refractivity contribution in [2.45, 2.75) is 36.4 Å². The lowest BCUT2D eigenvalue weighted by Crippen LogP contribution is -2.45. The molecule has 2 atom stereocenters. The molecule has 4 rings (SSSR count). The van der Waals surface area contributed by atoms with Gasteiger partial charge in [-0.2, -0.15) is 0 Å². The third-order valence-electron chi connectivity index (χ3n) is 6.12. The molecule has 0 saturated carbocycles. The summed E-state index contributed by atoms with van der Waals surface area (Å²) in [5.74, 6) is -0.0905. The topological polar surface area (TPSA) is 87.5 Å². The molecule has 6 nitrogen and oxygen atoms in total. The van der Waals surface area contributed by atoms with Gasteiger partial charge in [0.1, 0.15) is 6.04 Å². The number of nitrogens with zero attached hydrogens (tertiary/aromatic N) is 1. The highest BCUT2D eigenvalue weighted by molar-refractivity contribution is 7.98. The van der Waals surface area contributed by atoms with Gasteiger partial charge in [0.25, 0.3) is 0 Å². The molecule has 3 amide bonds. The van der Waals surface area contributed by atoms with E-state index in [1.54, 1.807) is 23.9 Å². The number of nitrogen functional groups attached to an aromatic ring is 1. The van der Waals surface area contributed by atoms with Gasteiger partial charge in [0.2, 0.25) is 5.91 Å². The smallest absolute Gasteiger partial charge is 0.315 e. The van der Waals surface area contributed by atoms with Crippen LogP contribution in [-0.2, 0) is 11.3 Å². The first-order valence-corrected chi connectivity index (χ1v) is 12.7. The third kappa shape index (κ3) is 5.54. The van der Waals surface area contributed by atoms with Gasteiger partial charge < -0.3 is 21.3 Å². The van der Waals surface area contributed by atoms with Crippen LogP contribution in [0.3, 0.4) is 0 Å². The summed E-state index contributed by atoms with van der Waals surface area (Å²) in [6.45, 7) is 1.01. The zero-order chi connectivity index (χ0) is 23.9. The molecule has 34 heavy (non-hydrogen) atoms. The first-order chi connectivity index (χ1) is 16.6. The molecular formula is C27H30N4O2S. The Balaban J connectivity index is 1.52. The number of hydrogen-bond acceptors (Lipinski definition) is 4. The molecule has 3 aromatic rings. The normalized spacial score (nSPS) is 16.1. The molecule has 1 aliphatic rings. The van der Waals surface area contributed by atoms with Crippen LogP contribution in [0, 0.1) is 0 Å². The molecular weight excluding hydrogens is 444 g/mol. The lowest BCUT2D eigenvalue weighted by Gasteiger charge is -2.30. The van der Waals surface area contributed by atoms with E-state index >= 15 is 0 Å². The number of carbonyl (C=O) groups is 2. The Bertz CT molecular complexity index is 1120. The number of rotatable bonds is 7. The molecule has 0 aliphatic carbocycles. The summed E-state index contributed by atoms with van der Waals surface area (Å²) in [6, 6.07) is 23.8. The van der Waals surface area contributed by atoms with E-state index in [0.717, 1.165) is 24.0 Å². The predicted octanol–water partition coefficient (Wildman–Crippen LogP) is 4.89. The van der Waals surface area contributed by atoms with Gasteiger partial charge in [0.05, 0.1) is 6.04 Å². The molecule has 176 valence electrons. The molecule has 0 spiro atoms. The molecule has 1 saturated heterocycles. The summed E-state index contributed by atoms with van der Waals surface area (Å²) in [5.41, 5.74) is 9.27. The highest BCUT2D eigenvalue weighted by Crippen LogP contribution is 2.38. The summed E-state index contributed by atoms with van der Waals surface area (Å²) in [6.07, 6.45) is 3.90. The van der Waals surface area contributed by atoms with E-state index in [0.29, 0.717) is 18.8 Å². The molecule has 0 aromatic heterocycles. The fourth-order valence-electron chi connectivity index (χ4n) is 4.39. The van der Waals surface area contributed by atoms with Crippen LogP contribution < -0.4 is 16.4 Å². The molecule has 4 N–H and O–H groups in total. The second-order valence-corrected chi connectivity index (χ2v) is 9.19. The van der Waals surface area contributed by atoms with Crippen molar-refractivity contribution in [3.8, 4) is 0 Å². The minimum absolute atomic E-state index is 0.00185. The maximum absolute atomic E-state index is 13.8. The number of amides is 3. The minimum Gasteiger partial charge on any atom is -0.399 e. The molecule has 2 unspecified atom stereocenters. The maximum atomic E-state index is 13.8. The number of benzene rings is 3. The van der Waals surface area contributed by atoms with E-state index in [1.165, 1.54) is 10.5 Å². The van der Waals surface area contributed by atoms with E-state index in [1.807, 2.05) is 59.5 Å². The number of anilines is 1. The van der Waals surface area contributed by atoms with Crippen LogP contribution in [-0.4, -0.2) is 29.6 Å². The monoisotopic (exact) mass is 474 g/mol. The minimum atomic E-state index is -0.769. The van der Waals surface area contributed by atoms with Crippen molar-refractivity contribution in [2.24, 2.45) is 0 Å². The van der Waals surface area contributed by atoms with Crippen molar-refractivity contribution in [2.75, 3.05) is 18.5 Å². The fourth-order valence-corrected chi connectivity index (χ4v) is 5.05. The molecule has 0 radical (unpaired) electrons. The summed E-state index contributed by atoms with van der Waals surface area (Å²) < 4.78 is 0. The van der Waals surface area contributed by atoms with Gasteiger partial charge in [0.15, 0.2) is 0 Å². The summed E-state index contributed by atoms with van der Waals surface area (Å²) >= 11 is 1.69. The van der Waals surface area contributed by atoms with E-state index in [9.17, 15) is 9.59 Å². The van der Waals surface area contributed by atoms with Crippen molar-refractivity contribution < 1.29 is 9.59 Å². The van der Waals surface area contributed by atoms with E-state index in [4.69, 9.17) is 5.73 Å². The standard InChI is InChI=1S/C27H30N4O2S/c1-34-24-12-6-5-10-22(24)23-11-7-17-31(23)26(32)25(20-8-3-2-4-9-20)30-27(33)29-18-19-13-15-21(28)16-14-19/h2-6,8-10,12-16,23,25H,7,11,17-18,28H2,1H3,(H2,29,30,33). The van der Waals surface area contributed by atoms with Gasteiger partial charge in [-0.1, -0.05) is 60.7 Å². The largest absolute Gasteiger partial charge is 0.399 e. The van der Waals surface area contributed by atoms with Gasteiger partial charge in [-0.05, 0) is 54.0 Å². The Morgan fingerprint density at radius 2 is 1.74 bits per heavy atom. The number of nitrogens with two attached hydrogens (primary N) is 1. The van der Waals surface area contributed by atoms with Crippen LogP contribution in [0.15, 0.2) is 83.8 Å². The predicted molar refractivity (Wildman–Crippen MR) is 137 cm³/mol. The van der Waals surface area contributed by atoms with Crippen molar-refractivity contribution in [1.82, 2.24) is 15.5 Å². The summed E-state index contributed by atoms with van der Waals surface area (Å²) in [5, 5.41) is 5.78. The number of likely N-dealkylation sites (tertiary alicyclic amines) is 1. The van der Waals surface area contributed by atoms with Crippen molar-refractivity contribution in [1.29, 1.82) is 0 Å². The summed E-state index contributed by atoms with van der Waals surface area (Å²) in [4.78, 5) is 29.8. The van der Waals surface area contributed by atoms with Crippen LogP contribution in [0.4, 0.5) is 10.5 Å². The maximum Gasteiger partial charge on any atom is 0.315 e. The first-order valence-electron chi connectivity index (χ1n) is 11.4. The Morgan fingerprint density at radius 3 is 2.47 bits per heavy atom. The SMILES string of the molecule is CSc1ccccc1C1CCCN1C(=O)C(NC(=O)NCc1ccc(N)cc1)c1ccccc1. The first kappa shape index (κ1) is 23.7. The molecule has 1 heterocycles. The van der Waals surface area contributed by atoms with Crippen LogP contribution >= 0.6 is 11.8 Å². The second kappa shape index (κ2) is 11.1. The Kier molecular flexibility index (Phi) is 7.75. The number of hydrogen-bond donors (Lipinski definition) is 3. The second-order valence-electron chi connectivity index (χ2n) is 8.34. The lowest BCUT2D eigenvalue weighted by molar-refractivity contribution is -0.134. The fraction of sp³-hybridized carbons (Fsp3) is 0.259. The summed E-state index contributed by atoms with van der Waals surface area (Å²) in [7, 11) is 0. The third-order valence-corrected chi connectivity index (χ3v) is 6.93.